The molecular weight excluding hydrogens is 276 g/mol. The molecule has 0 radical (unpaired) electrons. The van der Waals surface area contributed by atoms with E-state index in [1.165, 1.54) is 28.4 Å². The molecule has 116 valence electrons. The summed E-state index contributed by atoms with van der Waals surface area (Å²) < 4.78 is 20.0. The fourth-order valence-electron chi connectivity index (χ4n) is 2.21. The van der Waals surface area contributed by atoms with Crippen LogP contribution in [0.1, 0.15) is 18.4 Å². The lowest BCUT2D eigenvalue weighted by atomic mass is 9.86. The van der Waals surface area contributed by atoms with Crippen LogP contribution < -0.4 is 9.47 Å². The predicted octanol–water partition coefficient (Wildman–Crippen LogP) is 1.77. The molecule has 0 heterocycles. The number of methoxy groups -OCH3 is 4. The molecule has 0 saturated carbocycles. The summed E-state index contributed by atoms with van der Waals surface area (Å²) in [5, 5.41) is 0. The van der Waals surface area contributed by atoms with Gasteiger partial charge in [-0.1, -0.05) is 19.1 Å². The van der Waals surface area contributed by atoms with Gasteiger partial charge < -0.3 is 18.9 Å². The molecule has 0 aliphatic rings. The van der Waals surface area contributed by atoms with Gasteiger partial charge in [-0.25, -0.2) is 0 Å². The average Bonchev–Trinajstić information content (AvgIpc) is 2.53. The van der Waals surface area contributed by atoms with E-state index in [1.54, 1.807) is 25.1 Å². The van der Waals surface area contributed by atoms with Crippen molar-refractivity contribution in [1.82, 2.24) is 0 Å². The molecule has 0 aromatic heterocycles. The zero-order chi connectivity index (χ0) is 16.0. The number of rotatable bonds is 6. The molecule has 0 aliphatic heterocycles. The van der Waals surface area contributed by atoms with Crippen molar-refractivity contribution in [2.75, 3.05) is 28.4 Å². The third kappa shape index (κ3) is 3.45. The number of carbonyl (C=O) groups is 2. The number of benzene rings is 1. The molecule has 0 bridgehead atoms. The normalized spacial score (nSPS) is 11.7. The van der Waals surface area contributed by atoms with Crippen molar-refractivity contribution in [3.8, 4) is 11.5 Å². The van der Waals surface area contributed by atoms with Crippen LogP contribution in [0.2, 0.25) is 0 Å². The highest BCUT2D eigenvalue weighted by Gasteiger charge is 2.36. The number of para-hydroxylation sites is 1. The van der Waals surface area contributed by atoms with Crippen molar-refractivity contribution in [3.05, 3.63) is 23.8 Å². The number of esters is 2. The lowest BCUT2D eigenvalue weighted by molar-refractivity contribution is -0.159. The topological polar surface area (TPSA) is 71.1 Å². The fourth-order valence-corrected chi connectivity index (χ4v) is 2.21. The van der Waals surface area contributed by atoms with E-state index >= 15 is 0 Å². The zero-order valence-electron chi connectivity index (χ0n) is 12.8. The molecule has 1 aromatic rings. The first-order chi connectivity index (χ1) is 10.0. The Morgan fingerprint density at radius 2 is 1.52 bits per heavy atom. The summed E-state index contributed by atoms with van der Waals surface area (Å²) in [5.74, 6) is -1.87. The quantitative estimate of drug-likeness (QED) is 0.588. The largest absolute Gasteiger partial charge is 0.493 e. The van der Waals surface area contributed by atoms with Gasteiger partial charge in [0.15, 0.2) is 17.4 Å². The summed E-state index contributed by atoms with van der Waals surface area (Å²) >= 11 is 0. The first-order valence-electron chi connectivity index (χ1n) is 6.38. The summed E-state index contributed by atoms with van der Waals surface area (Å²) in [6.45, 7) is 1.73. The summed E-state index contributed by atoms with van der Waals surface area (Å²) in [6.07, 6.45) is 0. The highest BCUT2D eigenvalue weighted by molar-refractivity contribution is 5.96. The molecule has 6 heteroatoms. The summed E-state index contributed by atoms with van der Waals surface area (Å²) in [5.41, 5.74) is 0.664. The molecule has 1 rings (SSSR count). The number of ether oxygens (including phenoxy) is 4. The van der Waals surface area contributed by atoms with Crippen LogP contribution >= 0.6 is 0 Å². The molecule has 0 N–H and O–H groups in total. The van der Waals surface area contributed by atoms with E-state index in [1.807, 2.05) is 0 Å². The van der Waals surface area contributed by atoms with Gasteiger partial charge in [-0.15, -0.1) is 0 Å². The minimum Gasteiger partial charge on any atom is -0.493 e. The minimum atomic E-state index is -1.07. The van der Waals surface area contributed by atoms with Crippen LogP contribution in [0.5, 0.6) is 11.5 Å². The second kappa shape index (κ2) is 7.52. The Bertz CT molecular complexity index is 495. The van der Waals surface area contributed by atoms with E-state index in [-0.39, 0.29) is 0 Å². The van der Waals surface area contributed by atoms with Crippen molar-refractivity contribution in [3.63, 3.8) is 0 Å². The Morgan fingerprint density at radius 3 is 1.95 bits per heavy atom. The Morgan fingerprint density at radius 1 is 0.952 bits per heavy atom. The molecule has 6 nitrogen and oxygen atoms in total. The highest BCUT2D eigenvalue weighted by atomic mass is 16.5. The molecule has 0 spiro atoms. The molecular formula is C15H20O6. The van der Waals surface area contributed by atoms with Crippen molar-refractivity contribution >= 4 is 11.9 Å². The van der Waals surface area contributed by atoms with Crippen LogP contribution in [-0.2, 0) is 19.1 Å². The lowest BCUT2D eigenvalue weighted by Gasteiger charge is -2.22. The minimum absolute atomic E-state index is 0.477. The molecule has 0 fully saturated rings. The van der Waals surface area contributed by atoms with Gasteiger partial charge in [0.1, 0.15) is 0 Å². The third-order valence-electron chi connectivity index (χ3n) is 3.33. The van der Waals surface area contributed by atoms with E-state index in [4.69, 9.17) is 18.9 Å². The zero-order valence-corrected chi connectivity index (χ0v) is 12.8. The first kappa shape index (κ1) is 16.8. The van der Waals surface area contributed by atoms with E-state index in [9.17, 15) is 9.59 Å². The molecule has 0 saturated heterocycles. The van der Waals surface area contributed by atoms with Gasteiger partial charge in [-0.2, -0.15) is 0 Å². The lowest BCUT2D eigenvalue weighted by Crippen LogP contribution is -2.31. The van der Waals surface area contributed by atoms with Crippen molar-refractivity contribution in [1.29, 1.82) is 0 Å². The SMILES string of the molecule is COC(=O)C(C(=O)OC)C(C)c1cccc(OC)c1OC. The Balaban J connectivity index is 3.29. The first-order valence-corrected chi connectivity index (χ1v) is 6.38. The van der Waals surface area contributed by atoms with Gasteiger partial charge in [-0.05, 0) is 6.07 Å². The number of hydrogen-bond acceptors (Lipinski definition) is 6. The number of hydrogen-bond donors (Lipinski definition) is 0. The van der Waals surface area contributed by atoms with Gasteiger partial charge in [0, 0.05) is 11.5 Å². The summed E-state index contributed by atoms with van der Waals surface area (Å²) in [7, 11) is 5.48. The predicted molar refractivity (Wildman–Crippen MR) is 75.5 cm³/mol. The second-order valence-electron chi connectivity index (χ2n) is 4.40. The fraction of sp³-hybridized carbons (Fsp3) is 0.467. The molecule has 0 aliphatic carbocycles. The summed E-state index contributed by atoms with van der Waals surface area (Å²) in [6, 6.07) is 5.27. The van der Waals surface area contributed by atoms with E-state index in [2.05, 4.69) is 0 Å². The second-order valence-corrected chi connectivity index (χ2v) is 4.40. The van der Waals surface area contributed by atoms with Crippen molar-refractivity contribution in [2.45, 2.75) is 12.8 Å². The standard InChI is InChI=1S/C15H20O6/c1-9(12(14(16)20-4)15(17)21-5)10-7-6-8-11(18-2)13(10)19-3/h6-9,12H,1-5H3. The summed E-state index contributed by atoms with van der Waals surface area (Å²) in [4.78, 5) is 23.8. The molecule has 1 aromatic carbocycles. The Labute approximate surface area is 123 Å². The van der Waals surface area contributed by atoms with Crippen molar-refractivity contribution in [2.24, 2.45) is 5.92 Å². The van der Waals surface area contributed by atoms with E-state index < -0.39 is 23.8 Å². The van der Waals surface area contributed by atoms with Gasteiger partial charge in [0.05, 0.1) is 28.4 Å². The van der Waals surface area contributed by atoms with Gasteiger partial charge in [0.2, 0.25) is 0 Å². The van der Waals surface area contributed by atoms with Crippen LogP contribution in [0, 0.1) is 5.92 Å². The van der Waals surface area contributed by atoms with Gasteiger partial charge in [0.25, 0.3) is 0 Å². The molecule has 21 heavy (non-hydrogen) atoms. The average molecular weight is 296 g/mol. The molecule has 1 unspecified atom stereocenters. The Kier molecular flexibility index (Phi) is 6.02. The van der Waals surface area contributed by atoms with Gasteiger partial charge in [-0.3, -0.25) is 9.59 Å². The molecule has 0 amide bonds. The highest BCUT2D eigenvalue weighted by Crippen LogP contribution is 2.38. The van der Waals surface area contributed by atoms with E-state index in [0.29, 0.717) is 17.1 Å². The van der Waals surface area contributed by atoms with Crippen LogP contribution in [-0.4, -0.2) is 40.4 Å². The van der Waals surface area contributed by atoms with Crippen LogP contribution in [0.25, 0.3) is 0 Å². The number of carbonyl (C=O) groups excluding carboxylic acids is 2. The van der Waals surface area contributed by atoms with Crippen molar-refractivity contribution < 1.29 is 28.5 Å². The van der Waals surface area contributed by atoms with Crippen LogP contribution in [0.4, 0.5) is 0 Å². The maximum Gasteiger partial charge on any atom is 0.320 e. The maximum absolute atomic E-state index is 11.9. The Hall–Kier alpha value is -2.24. The smallest absolute Gasteiger partial charge is 0.320 e. The monoisotopic (exact) mass is 296 g/mol. The van der Waals surface area contributed by atoms with Crippen LogP contribution in [0.15, 0.2) is 18.2 Å². The molecule has 1 atom stereocenters. The third-order valence-corrected chi connectivity index (χ3v) is 3.33. The van der Waals surface area contributed by atoms with E-state index in [0.717, 1.165) is 0 Å². The maximum atomic E-state index is 11.9. The van der Waals surface area contributed by atoms with Crippen LogP contribution in [0.3, 0.4) is 0 Å². The van der Waals surface area contributed by atoms with Gasteiger partial charge >= 0.3 is 11.9 Å².